The maximum atomic E-state index is 14.2. The molecule has 0 bridgehead atoms. The zero-order valence-corrected chi connectivity index (χ0v) is 16.1. The molecule has 0 amide bonds. The molecule has 0 radical (unpaired) electrons. The predicted molar refractivity (Wildman–Crippen MR) is 103 cm³/mol. The zero-order valence-electron chi connectivity index (χ0n) is 15.2. The first kappa shape index (κ1) is 19.5. The fraction of sp³-hybridized carbons (Fsp3) is 0.200. The highest BCUT2D eigenvalue weighted by Crippen LogP contribution is 2.40. The summed E-state index contributed by atoms with van der Waals surface area (Å²) in [6, 6.07) is 8.95. The van der Waals surface area contributed by atoms with E-state index in [1.807, 2.05) is 0 Å². The van der Waals surface area contributed by atoms with Gasteiger partial charge in [0.05, 0.1) is 12.3 Å². The Labute approximate surface area is 165 Å². The molecule has 1 aliphatic heterocycles. The highest BCUT2D eigenvalue weighted by atomic mass is 32.2. The van der Waals surface area contributed by atoms with E-state index >= 15 is 0 Å². The van der Waals surface area contributed by atoms with Crippen LogP contribution in [0.3, 0.4) is 0 Å². The first-order chi connectivity index (χ1) is 13.6. The minimum absolute atomic E-state index is 0.140. The molecule has 0 fully saturated rings. The van der Waals surface area contributed by atoms with Gasteiger partial charge in [0.2, 0.25) is 0 Å². The molecule has 3 N–H and O–H groups in total. The molecule has 3 atom stereocenters. The van der Waals surface area contributed by atoms with E-state index in [1.54, 1.807) is 30.3 Å². The van der Waals surface area contributed by atoms with Gasteiger partial charge < -0.3 is 14.7 Å². The van der Waals surface area contributed by atoms with Crippen LogP contribution in [-0.2, 0) is 16.4 Å². The highest BCUT2D eigenvalue weighted by molar-refractivity contribution is 7.87. The van der Waals surface area contributed by atoms with Gasteiger partial charge in [-0.15, -0.1) is 0 Å². The Morgan fingerprint density at radius 3 is 2.55 bits per heavy atom. The van der Waals surface area contributed by atoms with Crippen LogP contribution in [0.25, 0.3) is 10.8 Å². The van der Waals surface area contributed by atoms with Crippen LogP contribution in [0.1, 0.15) is 17.2 Å². The third-order valence-corrected chi connectivity index (χ3v) is 5.25. The smallest absolute Gasteiger partial charge is 0.200 e. The second-order valence-corrected chi connectivity index (χ2v) is 8.69. The topological polar surface area (TPSA) is 85.4 Å². The van der Waals surface area contributed by atoms with Crippen LogP contribution in [0.4, 0.5) is 13.2 Å². The summed E-state index contributed by atoms with van der Waals surface area (Å²) in [5, 5.41) is 1.57. The van der Waals surface area contributed by atoms with E-state index in [2.05, 4.69) is 0 Å². The number of halogens is 3. The quantitative estimate of drug-likeness (QED) is 0.619. The zero-order chi connectivity index (χ0) is 20.9. The van der Waals surface area contributed by atoms with E-state index in [-0.39, 0.29) is 5.56 Å². The Morgan fingerprint density at radius 1 is 1.10 bits per heavy atom. The number of ether oxygens (including phenoxy) is 1. The molecule has 0 saturated carbocycles. The van der Waals surface area contributed by atoms with Crippen molar-refractivity contribution in [1.82, 2.24) is 0 Å². The van der Waals surface area contributed by atoms with Gasteiger partial charge in [0.15, 0.2) is 21.6 Å². The van der Waals surface area contributed by atoms with Gasteiger partial charge in [-0.1, -0.05) is 12.1 Å². The van der Waals surface area contributed by atoms with Crippen molar-refractivity contribution >= 4 is 20.8 Å². The van der Waals surface area contributed by atoms with Crippen molar-refractivity contribution < 1.29 is 26.3 Å². The van der Waals surface area contributed by atoms with E-state index in [0.717, 1.165) is 22.4 Å². The van der Waals surface area contributed by atoms with Crippen LogP contribution in [0, 0.1) is 22.2 Å². The molecule has 4 rings (SSSR count). The average Bonchev–Trinajstić information content (AvgIpc) is 2.63. The van der Waals surface area contributed by atoms with Gasteiger partial charge in [-0.05, 0) is 41.5 Å². The molecule has 3 aromatic carbocycles. The minimum Gasteiger partial charge on any atom is -0.484 e. The maximum absolute atomic E-state index is 14.2. The molecule has 3 aromatic rings. The van der Waals surface area contributed by atoms with Crippen LogP contribution in [0.5, 0.6) is 11.5 Å². The summed E-state index contributed by atoms with van der Waals surface area (Å²) in [7, 11) is -3.16. The van der Waals surface area contributed by atoms with Gasteiger partial charge in [-0.2, -0.15) is 0 Å². The monoisotopic (exact) mass is 422 g/mol. The molecule has 0 saturated heterocycles. The average molecular weight is 422 g/mol. The van der Waals surface area contributed by atoms with Crippen molar-refractivity contribution in [2.24, 2.45) is 5.73 Å². The standard InChI is InChI=1S/C20H17F3N2O3S/c1-29(25,26)28-11-3-4-12-10(6-11)2-5-19-13(12)8-18(24)20(27-19)14-7-16(22)17(23)9-15(14)21/h2-7,9,18,20,25H,8,24H2,1H3/t18-,20+,29?/m0/s1. The number of fused-ring (bicyclic) bond motifs is 3. The van der Waals surface area contributed by atoms with Gasteiger partial charge >= 0.3 is 0 Å². The molecule has 152 valence electrons. The van der Waals surface area contributed by atoms with Crippen molar-refractivity contribution in [3.8, 4) is 11.5 Å². The first-order valence-corrected chi connectivity index (χ1v) is 10.6. The Morgan fingerprint density at radius 2 is 1.83 bits per heavy atom. The number of nitrogens with one attached hydrogen (secondary N) is 1. The molecule has 0 spiro atoms. The molecule has 0 aliphatic carbocycles. The fourth-order valence-corrected chi connectivity index (χ4v) is 4.00. The molecule has 29 heavy (non-hydrogen) atoms. The lowest BCUT2D eigenvalue weighted by Crippen LogP contribution is -2.38. The largest absolute Gasteiger partial charge is 0.484 e. The van der Waals surface area contributed by atoms with E-state index in [4.69, 9.17) is 19.4 Å². The SMILES string of the molecule is CS(=N)(=O)Oc1ccc2c3c(ccc2c1)O[C@H](c1cc(F)c(F)cc1F)[C@@H](N)C3. The van der Waals surface area contributed by atoms with E-state index in [9.17, 15) is 17.4 Å². The second kappa shape index (κ2) is 6.93. The minimum atomic E-state index is -3.16. The fourth-order valence-electron chi connectivity index (χ4n) is 3.53. The van der Waals surface area contributed by atoms with Crippen molar-refractivity contribution in [1.29, 1.82) is 4.78 Å². The van der Waals surface area contributed by atoms with Gasteiger partial charge in [0, 0.05) is 17.2 Å². The highest BCUT2D eigenvalue weighted by Gasteiger charge is 2.32. The van der Waals surface area contributed by atoms with Gasteiger partial charge in [0.1, 0.15) is 23.4 Å². The lowest BCUT2D eigenvalue weighted by Gasteiger charge is -2.32. The van der Waals surface area contributed by atoms with Crippen molar-refractivity contribution in [3.63, 3.8) is 0 Å². The normalized spacial score (nSPS) is 20.6. The summed E-state index contributed by atoms with van der Waals surface area (Å²) in [5.74, 6) is -2.61. The molecular weight excluding hydrogens is 405 g/mol. The van der Waals surface area contributed by atoms with E-state index in [1.165, 1.54) is 6.26 Å². The Hall–Kier alpha value is -2.78. The van der Waals surface area contributed by atoms with Crippen LogP contribution >= 0.6 is 0 Å². The third-order valence-electron chi connectivity index (χ3n) is 4.74. The number of nitrogens with two attached hydrogens (primary N) is 1. The van der Waals surface area contributed by atoms with Crippen LogP contribution in [-0.4, -0.2) is 16.5 Å². The van der Waals surface area contributed by atoms with Gasteiger partial charge in [-0.25, -0.2) is 22.2 Å². The van der Waals surface area contributed by atoms with Crippen LogP contribution in [0.2, 0.25) is 0 Å². The second-order valence-electron chi connectivity index (χ2n) is 6.97. The molecule has 5 nitrogen and oxygen atoms in total. The summed E-state index contributed by atoms with van der Waals surface area (Å²) in [6.07, 6.45) is 0.527. The Bertz CT molecular complexity index is 1230. The van der Waals surface area contributed by atoms with Crippen molar-refractivity contribution in [2.45, 2.75) is 18.6 Å². The van der Waals surface area contributed by atoms with Crippen LogP contribution < -0.4 is 14.7 Å². The van der Waals surface area contributed by atoms with Crippen LogP contribution in [0.15, 0.2) is 42.5 Å². The predicted octanol–water partition coefficient (Wildman–Crippen LogP) is 4.23. The lowest BCUT2D eigenvalue weighted by atomic mass is 9.90. The maximum Gasteiger partial charge on any atom is 0.200 e. The summed E-state index contributed by atoms with van der Waals surface area (Å²) >= 11 is 0. The van der Waals surface area contributed by atoms with E-state index < -0.39 is 39.6 Å². The molecule has 1 aliphatic rings. The van der Waals surface area contributed by atoms with Gasteiger partial charge in [0.25, 0.3) is 0 Å². The first-order valence-electron chi connectivity index (χ1n) is 8.68. The Kier molecular flexibility index (Phi) is 4.66. The van der Waals surface area contributed by atoms with Crippen molar-refractivity contribution in [3.05, 3.63) is 71.0 Å². The lowest BCUT2D eigenvalue weighted by molar-refractivity contribution is 0.149. The third kappa shape index (κ3) is 3.75. The summed E-state index contributed by atoms with van der Waals surface area (Å²) in [6.45, 7) is 0. The Balaban J connectivity index is 1.73. The summed E-state index contributed by atoms with van der Waals surface area (Å²) < 4.78 is 71.0. The number of hydrogen-bond donors (Lipinski definition) is 2. The molecule has 0 aromatic heterocycles. The van der Waals surface area contributed by atoms with Gasteiger partial charge in [-0.3, -0.25) is 0 Å². The van der Waals surface area contributed by atoms with Crippen molar-refractivity contribution in [2.75, 3.05) is 6.26 Å². The molecule has 1 unspecified atom stereocenters. The molecular formula is C20H17F3N2O3S. The molecule has 9 heteroatoms. The van der Waals surface area contributed by atoms with E-state index in [0.29, 0.717) is 24.0 Å². The number of rotatable bonds is 3. The summed E-state index contributed by atoms with van der Waals surface area (Å²) in [4.78, 5) is 0. The summed E-state index contributed by atoms with van der Waals surface area (Å²) in [5.41, 5.74) is 6.83. The number of benzene rings is 3. The molecule has 1 heterocycles. The number of hydrogen-bond acceptors (Lipinski definition) is 5.